The Morgan fingerprint density at radius 3 is 2.62 bits per heavy atom. The van der Waals surface area contributed by atoms with Crippen LogP contribution in [0.15, 0.2) is 64.7 Å². The summed E-state index contributed by atoms with van der Waals surface area (Å²) in [6.45, 7) is 18.5. The van der Waals surface area contributed by atoms with Crippen molar-refractivity contribution in [2.24, 2.45) is 5.10 Å². The molecular weight excluding hydrogens is 296 g/mol. The molecule has 2 aliphatic rings. The van der Waals surface area contributed by atoms with E-state index in [-0.39, 0.29) is 0 Å². The predicted octanol–water partition coefficient (Wildman–Crippen LogP) is 3.80. The van der Waals surface area contributed by atoms with Crippen LogP contribution in [-0.2, 0) is 0 Å². The van der Waals surface area contributed by atoms with Crippen LogP contribution in [-0.4, -0.2) is 41.8 Å². The second-order valence-corrected chi connectivity index (χ2v) is 6.60. The van der Waals surface area contributed by atoms with Gasteiger partial charge in [-0.1, -0.05) is 25.3 Å². The number of allylic oxidation sites excluding steroid dienone is 6. The highest BCUT2D eigenvalue weighted by atomic mass is 15.5. The molecule has 0 aromatic carbocycles. The van der Waals surface area contributed by atoms with Crippen molar-refractivity contribution in [3.8, 4) is 0 Å². The Labute approximate surface area is 146 Å². The molecule has 130 valence electrons. The third kappa shape index (κ3) is 3.64. The molecule has 1 N–H and O–H groups in total. The summed E-state index contributed by atoms with van der Waals surface area (Å²) < 4.78 is 0. The molecule has 0 saturated carbocycles. The molecule has 0 bridgehead atoms. The molecule has 1 aliphatic carbocycles. The van der Waals surface area contributed by atoms with Crippen LogP contribution in [0.1, 0.15) is 34.1 Å². The highest BCUT2D eigenvalue weighted by Gasteiger charge is 2.23. The molecule has 4 nitrogen and oxygen atoms in total. The van der Waals surface area contributed by atoms with E-state index in [1.54, 1.807) is 0 Å². The van der Waals surface area contributed by atoms with Gasteiger partial charge in [0.05, 0.1) is 12.3 Å². The van der Waals surface area contributed by atoms with Crippen molar-refractivity contribution >= 4 is 5.71 Å². The van der Waals surface area contributed by atoms with Gasteiger partial charge >= 0.3 is 0 Å². The largest absolute Gasteiger partial charge is 0.371 e. The van der Waals surface area contributed by atoms with E-state index in [1.165, 1.54) is 16.8 Å². The predicted molar refractivity (Wildman–Crippen MR) is 104 cm³/mol. The number of hydrogen-bond acceptors (Lipinski definition) is 4. The van der Waals surface area contributed by atoms with Gasteiger partial charge < -0.3 is 10.2 Å². The third-order valence-electron chi connectivity index (χ3n) is 4.74. The van der Waals surface area contributed by atoms with Gasteiger partial charge in [0.1, 0.15) is 5.82 Å². The standard InChI is InChI=1S/C20H30N4/c1-8-19(22-24-13-12-21-17(24)6)18-11-9-10-15(4)16(5)20(18)23(7)14(2)3/h8,10-11,14,21H,1,6,9,12-13H2,2-5,7H3/b22-19+. The minimum Gasteiger partial charge on any atom is -0.371 e. The maximum absolute atomic E-state index is 4.81. The third-order valence-corrected chi connectivity index (χ3v) is 4.74. The van der Waals surface area contributed by atoms with Crippen LogP contribution in [0.25, 0.3) is 0 Å². The Bertz CT molecular complexity index is 647. The lowest BCUT2D eigenvalue weighted by Gasteiger charge is -2.30. The molecule has 2 rings (SSSR count). The van der Waals surface area contributed by atoms with Gasteiger partial charge in [0, 0.05) is 30.9 Å². The fourth-order valence-electron chi connectivity index (χ4n) is 2.91. The minimum atomic E-state index is 0.402. The van der Waals surface area contributed by atoms with Gasteiger partial charge in [-0.15, -0.1) is 0 Å². The van der Waals surface area contributed by atoms with Gasteiger partial charge in [0.2, 0.25) is 0 Å². The molecule has 0 unspecified atom stereocenters. The Hall–Kier alpha value is -2.23. The number of rotatable bonds is 5. The van der Waals surface area contributed by atoms with Crippen LogP contribution in [0.4, 0.5) is 0 Å². The van der Waals surface area contributed by atoms with Crippen LogP contribution < -0.4 is 5.32 Å². The SMILES string of the molecule is C=C/C(=N\N1CCNC1=C)C1=CCC=C(C)C(C)=C1N(C)C(C)C. The molecule has 0 amide bonds. The molecular formula is C20H30N4. The number of likely N-dealkylation sites (N-methyl/N-ethyl adjacent to an activating group) is 1. The van der Waals surface area contributed by atoms with Crippen LogP contribution >= 0.6 is 0 Å². The summed E-state index contributed by atoms with van der Waals surface area (Å²) in [5.74, 6) is 0.845. The molecule has 24 heavy (non-hydrogen) atoms. The fourth-order valence-corrected chi connectivity index (χ4v) is 2.91. The maximum atomic E-state index is 4.81. The number of hydrazone groups is 1. The van der Waals surface area contributed by atoms with Crippen LogP contribution in [0, 0.1) is 0 Å². The van der Waals surface area contributed by atoms with E-state index < -0.39 is 0 Å². The smallest absolute Gasteiger partial charge is 0.115 e. The molecule has 0 spiro atoms. The second-order valence-electron chi connectivity index (χ2n) is 6.60. The number of nitrogens with one attached hydrogen (secondary N) is 1. The summed E-state index contributed by atoms with van der Waals surface area (Å²) in [5.41, 5.74) is 5.88. The first-order valence-electron chi connectivity index (χ1n) is 8.60. The van der Waals surface area contributed by atoms with E-state index in [1.807, 2.05) is 11.1 Å². The molecule has 0 aromatic rings. The van der Waals surface area contributed by atoms with Crippen molar-refractivity contribution in [1.29, 1.82) is 0 Å². The van der Waals surface area contributed by atoms with Gasteiger partial charge in [-0.2, -0.15) is 5.10 Å². The highest BCUT2D eigenvalue weighted by molar-refractivity contribution is 6.11. The van der Waals surface area contributed by atoms with Gasteiger partial charge in [-0.25, -0.2) is 5.01 Å². The molecule has 0 radical (unpaired) electrons. The van der Waals surface area contributed by atoms with E-state index in [4.69, 9.17) is 5.10 Å². The zero-order valence-electron chi connectivity index (χ0n) is 15.7. The van der Waals surface area contributed by atoms with Crippen molar-refractivity contribution in [3.05, 3.63) is 59.6 Å². The van der Waals surface area contributed by atoms with Crippen molar-refractivity contribution < 1.29 is 0 Å². The molecule has 4 heteroatoms. The summed E-state index contributed by atoms with van der Waals surface area (Å²) in [6.07, 6.45) is 7.27. The lowest BCUT2D eigenvalue weighted by molar-refractivity contribution is 0.349. The zero-order valence-corrected chi connectivity index (χ0v) is 15.7. The summed E-state index contributed by atoms with van der Waals surface area (Å²) in [6, 6.07) is 0.402. The Balaban J connectivity index is 2.51. The van der Waals surface area contributed by atoms with E-state index in [0.717, 1.165) is 36.6 Å². The monoisotopic (exact) mass is 326 g/mol. The molecule has 1 heterocycles. The molecule has 1 aliphatic heterocycles. The number of hydrogen-bond donors (Lipinski definition) is 1. The Kier molecular flexibility index (Phi) is 5.71. The van der Waals surface area contributed by atoms with Crippen molar-refractivity contribution in [3.63, 3.8) is 0 Å². The van der Waals surface area contributed by atoms with Crippen LogP contribution in [0.5, 0.6) is 0 Å². The normalized spacial score (nSPS) is 19.2. The van der Waals surface area contributed by atoms with Crippen LogP contribution in [0.3, 0.4) is 0 Å². The lowest BCUT2D eigenvalue weighted by atomic mass is 9.98. The van der Waals surface area contributed by atoms with Gasteiger partial charge in [0.25, 0.3) is 0 Å². The first-order chi connectivity index (χ1) is 11.4. The van der Waals surface area contributed by atoms with Gasteiger partial charge in [-0.3, -0.25) is 0 Å². The van der Waals surface area contributed by atoms with E-state index in [9.17, 15) is 0 Å². The van der Waals surface area contributed by atoms with Crippen molar-refractivity contribution in [2.45, 2.75) is 40.2 Å². The summed E-state index contributed by atoms with van der Waals surface area (Å²) in [7, 11) is 2.15. The van der Waals surface area contributed by atoms with Crippen molar-refractivity contribution in [2.75, 3.05) is 20.1 Å². The van der Waals surface area contributed by atoms with E-state index in [2.05, 4.69) is 70.3 Å². The second kappa shape index (κ2) is 7.56. The molecule has 1 saturated heterocycles. The molecule has 0 aromatic heterocycles. The Morgan fingerprint density at radius 2 is 2.08 bits per heavy atom. The van der Waals surface area contributed by atoms with E-state index in [0.29, 0.717) is 6.04 Å². The Morgan fingerprint density at radius 1 is 1.38 bits per heavy atom. The van der Waals surface area contributed by atoms with Gasteiger partial charge in [0.15, 0.2) is 0 Å². The highest BCUT2D eigenvalue weighted by Crippen LogP contribution is 2.30. The average Bonchev–Trinajstić information content (AvgIpc) is 2.89. The first-order valence-corrected chi connectivity index (χ1v) is 8.60. The zero-order chi connectivity index (χ0) is 17.9. The lowest BCUT2D eigenvalue weighted by Crippen LogP contribution is -2.30. The minimum absolute atomic E-state index is 0.402. The summed E-state index contributed by atoms with van der Waals surface area (Å²) in [4.78, 5) is 2.32. The average molecular weight is 326 g/mol. The first kappa shape index (κ1) is 18.1. The van der Waals surface area contributed by atoms with Gasteiger partial charge in [-0.05, 0) is 51.3 Å². The molecule has 0 atom stereocenters. The van der Waals surface area contributed by atoms with Crippen LogP contribution in [0.2, 0.25) is 0 Å². The fraction of sp³-hybridized carbons (Fsp3) is 0.450. The van der Waals surface area contributed by atoms with Crippen molar-refractivity contribution in [1.82, 2.24) is 15.2 Å². The number of nitrogens with zero attached hydrogens (tertiary/aromatic N) is 3. The molecule has 1 fully saturated rings. The quantitative estimate of drug-likeness (QED) is 0.780. The van der Waals surface area contributed by atoms with E-state index >= 15 is 0 Å². The maximum Gasteiger partial charge on any atom is 0.115 e. The summed E-state index contributed by atoms with van der Waals surface area (Å²) in [5, 5.41) is 9.95. The summed E-state index contributed by atoms with van der Waals surface area (Å²) >= 11 is 0. The topological polar surface area (TPSA) is 30.9 Å².